The van der Waals surface area contributed by atoms with Gasteiger partial charge in [0.1, 0.15) is 4.83 Å². The molecule has 0 saturated heterocycles. The Morgan fingerprint density at radius 2 is 1.65 bits per heavy atom. The van der Waals surface area contributed by atoms with E-state index in [4.69, 9.17) is 0 Å². The van der Waals surface area contributed by atoms with Crippen LogP contribution < -0.4 is 10.5 Å². The van der Waals surface area contributed by atoms with Crippen molar-refractivity contribution >= 4 is 50.6 Å². The Bertz CT molecular complexity index is 1240. The van der Waals surface area contributed by atoms with E-state index >= 15 is 0 Å². The van der Waals surface area contributed by atoms with Gasteiger partial charge in [-0.05, 0) is 55.5 Å². The molecular weight excluding hydrogens is 426 g/mol. The maximum atomic E-state index is 13.2. The van der Waals surface area contributed by atoms with Gasteiger partial charge in [-0.25, -0.2) is 4.98 Å². The Labute approximate surface area is 188 Å². The van der Waals surface area contributed by atoms with Crippen LogP contribution in [0, 0.1) is 0 Å². The van der Waals surface area contributed by atoms with Crippen LogP contribution >= 0.6 is 23.1 Å². The molecule has 0 atom stereocenters. The number of H-pyrrole nitrogens is 1. The first-order chi connectivity index (χ1) is 15.2. The Morgan fingerprint density at radius 1 is 1.00 bits per heavy atom. The minimum Gasteiger partial charge on any atom is -0.301 e. The van der Waals surface area contributed by atoms with Crippen molar-refractivity contribution in [2.24, 2.45) is 0 Å². The third-order valence-corrected chi connectivity index (χ3v) is 7.46. The molecule has 0 fully saturated rings. The predicted octanol–water partition coefficient (Wildman–Crippen LogP) is 5.32. The number of thioether (sulfide) groups is 1. The topological polar surface area (TPSA) is 66.1 Å². The number of nitrogens with zero attached hydrogens (tertiary/aromatic N) is 2. The summed E-state index contributed by atoms with van der Waals surface area (Å²) in [5, 5.41) is 1.23. The van der Waals surface area contributed by atoms with Crippen LogP contribution in [0.5, 0.6) is 0 Å². The average Bonchev–Trinajstić information content (AvgIpc) is 3.18. The first kappa shape index (κ1) is 20.0. The van der Waals surface area contributed by atoms with Gasteiger partial charge in [0.05, 0.1) is 11.1 Å². The molecule has 0 saturated carbocycles. The molecule has 1 N–H and O–H groups in total. The van der Waals surface area contributed by atoms with E-state index in [0.29, 0.717) is 5.16 Å². The number of aromatic amines is 1. The standard InChI is InChI=1S/C24H21N3O2S2/c28-20(27(16-9-3-1-4-10-16)17-11-5-2-6-12-17)15-30-24-25-22(29)21-18-13-7-8-14-19(18)31-23(21)26-24/h1-6,9-12H,7-8,13-15H2,(H,25,26,29). The van der Waals surface area contributed by atoms with E-state index in [2.05, 4.69) is 9.97 Å². The van der Waals surface area contributed by atoms with Gasteiger partial charge in [0.25, 0.3) is 5.56 Å². The minimum absolute atomic E-state index is 0.0735. The van der Waals surface area contributed by atoms with Crippen molar-refractivity contribution < 1.29 is 4.79 Å². The van der Waals surface area contributed by atoms with Gasteiger partial charge in [-0.2, -0.15) is 0 Å². The van der Waals surface area contributed by atoms with Crippen LogP contribution in [-0.2, 0) is 17.6 Å². The molecule has 31 heavy (non-hydrogen) atoms. The Morgan fingerprint density at radius 3 is 2.32 bits per heavy atom. The summed E-state index contributed by atoms with van der Waals surface area (Å²) >= 11 is 2.89. The molecular formula is C24H21N3O2S2. The molecule has 5 rings (SSSR count). The number of thiophene rings is 1. The molecule has 7 heteroatoms. The number of carbonyl (C=O) groups excluding carboxylic acids is 1. The first-order valence-corrected chi connectivity index (χ1v) is 12.1. The number of rotatable bonds is 5. The number of para-hydroxylation sites is 2. The SMILES string of the molecule is O=C(CSc1nc2sc3c(c2c(=O)[nH]1)CCCC3)N(c1ccccc1)c1ccccc1. The number of fused-ring (bicyclic) bond motifs is 3. The zero-order valence-electron chi connectivity index (χ0n) is 16.8. The monoisotopic (exact) mass is 447 g/mol. The highest BCUT2D eigenvalue weighted by molar-refractivity contribution is 7.99. The second kappa shape index (κ2) is 8.69. The van der Waals surface area contributed by atoms with Crippen LogP contribution in [0.15, 0.2) is 70.6 Å². The molecule has 5 nitrogen and oxygen atoms in total. The van der Waals surface area contributed by atoms with Crippen LogP contribution in [0.2, 0.25) is 0 Å². The van der Waals surface area contributed by atoms with Gasteiger partial charge in [-0.1, -0.05) is 48.2 Å². The zero-order valence-corrected chi connectivity index (χ0v) is 18.5. The van der Waals surface area contributed by atoms with Gasteiger partial charge in [-0.3, -0.25) is 14.5 Å². The molecule has 1 aliphatic carbocycles. The summed E-state index contributed by atoms with van der Waals surface area (Å²) in [6.07, 6.45) is 4.27. The lowest BCUT2D eigenvalue weighted by molar-refractivity contribution is -0.115. The van der Waals surface area contributed by atoms with Gasteiger partial charge in [0.15, 0.2) is 5.16 Å². The van der Waals surface area contributed by atoms with Crippen molar-refractivity contribution in [1.82, 2.24) is 9.97 Å². The van der Waals surface area contributed by atoms with Gasteiger partial charge >= 0.3 is 0 Å². The molecule has 2 aromatic heterocycles. The molecule has 0 aliphatic heterocycles. The molecule has 1 amide bonds. The lowest BCUT2D eigenvalue weighted by Crippen LogP contribution is -2.27. The molecule has 156 valence electrons. The number of amides is 1. The number of aromatic nitrogens is 2. The lowest BCUT2D eigenvalue weighted by atomic mass is 9.97. The van der Waals surface area contributed by atoms with Crippen molar-refractivity contribution in [3.05, 3.63) is 81.5 Å². The van der Waals surface area contributed by atoms with Crippen LogP contribution in [-0.4, -0.2) is 21.6 Å². The molecule has 2 aromatic carbocycles. The lowest BCUT2D eigenvalue weighted by Gasteiger charge is -2.22. The molecule has 2 heterocycles. The highest BCUT2D eigenvalue weighted by atomic mass is 32.2. The van der Waals surface area contributed by atoms with E-state index in [9.17, 15) is 9.59 Å². The minimum atomic E-state index is -0.0951. The highest BCUT2D eigenvalue weighted by Crippen LogP contribution is 2.34. The fourth-order valence-electron chi connectivity index (χ4n) is 4.00. The first-order valence-electron chi connectivity index (χ1n) is 10.3. The number of hydrogen-bond donors (Lipinski definition) is 1. The molecule has 4 aromatic rings. The molecule has 0 bridgehead atoms. The van der Waals surface area contributed by atoms with Gasteiger partial charge in [0, 0.05) is 16.3 Å². The number of nitrogens with one attached hydrogen (secondary N) is 1. The Balaban J connectivity index is 1.41. The predicted molar refractivity (Wildman–Crippen MR) is 128 cm³/mol. The Hall–Kier alpha value is -2.90. The van der Waals surface area contributed by atoms with E-state index in [0.717, 1.165) is 40.9 Å². The van der Waals surface area contributed by atoms with Crippen LogP contribution in [0.4, 0.5) is 11.4 Å². The third-order valence-electron chi connectivity index (χ3n) is 5.41. The maximum Gasteiger partial charge on any atom is 0.260 e. The zero-order chi connectivity index (χ0) is 21.2. The second-order valence-corrected chi connectivity index (χ2v) is 9.50. The van der Waals surface area contributed by atoms with Crippen LogP contribution in [0.3, 0.4) is 0 Å². The fraction of sp³-hybridized carbons (Fsp3) is 0.208. The van der Waals surface area contributed by atoms with Crippen LogP contribution in [0.25, 0.3) is 10.2 Å². The van der Waals surface area contributed by atoms with E-state index in [1.807, 2.05) is 60.7 Å². The van der Waals surface area contributed by atoms with E-state index in [-0.39, 0.29) is 17.2 Å². The summed E-state index contributed by atoms with van der Waals surface area (Å²) in [5.74, 6) is 0.0965. The summed E-state index contributed by atoms with van der Waals surface area (Å²) in [6, 6.07) is 19.2. The smallest absolute Gasteiger partial charge is 0.260 e. The fourth-order valence-corrected chi connectivity index (χ4v) is 6.03. The van der Waals surface area contributed by atoms with Crippen molar-refractivity contribution in [2.45, 2.75) is 30.8 Å². The normalized spacial score (nSPS) is 13.2. The summed E-state index contributed by atoms with van der Waals surface area (Å²) < 4.78 is 0. The quantitative estimate of drug-likeness (QED) is 0.332. The van der Waals surface area contributed by atoms with Gasteiger partial charge in [0.2, 0.25) is 5.91 Å². The summed E-state index contributed by atoms with van der Waals surface area (Å²) in [5.41, 5.74) is 2.69. The molecule has 0 radical (unpaired) electrons. The number of anilines is 2. The van der Waals surface area contributed by atoms with Gasteiger partial charge in [-0.15, -0.1) is 11.3 Å². The van der Waals surface area contributed by atoms with Crippen molar-refractivity contribution in [3.8, 4) is 0 Å². The van der Waals surface area contributed by atoms with Crippen molar-refractivity contribution in [3.63, 3.8) is 0 Å². The highest BCUT2D eigenvalue weighted by Gasteiger charge is 2.21. The summed E-state index contributed by atoms with van der Waals surface area (Å²) in [4.78, 5) is 37.3. The van der Waals surface area contributed by atoms with E-state index < -0.39 is 0 Å². The van der Waals surface area contributed by atoms with Crippen LogP contribution in [0.1, 0.15) is 23.3 Å². The molecule has 0 spiro atoms. The number of benzene rings is 2. The average molecular weight is 448 g/mol. The van der Waals surface area contributed by atoms with E-state index in [1.54, 1.807) is 16.2 Å². The molecule has 0 unspecified atom stereocenters. The summed E-state index contributed by atoms with van der Waals surface area (Å²) in [7, 11) is 0. The Kier molecular flexibility index (Phi) is 5.61. The third kappa shape index (κ3) is 4.03. The van der Waals surface area contributed by atoms with Gasteiger partial charge < -0.3 is 4.98 Å². The molecule has 1 aliphatic rings. The number of hydrogen-bond acceptors (Lipinski definition) is 5. The van der Waals surface area contributed by atoms with Crippen molar-refractivity contribution in [2.75, 3.05) is 10.7 Å². The van der Waals surface area contributed by atoms with Crippen molar-refractivity contribution in [1.29, 1.82) is 0 Å². The van der Waals surface area contributed by atoms with E-state index in [1.165, 1.54) is 28.6 Å². The largest absolute Gasteiger partial charge is 0.301 e. The number of carbonyl (C=O) groups is 1. The second-order valence-electron chi connectivity index (χ2n) is 7.45. The number of aryl methyl sites for hydroxylation is 2. The summed E-state index contributed by atoms with van der Waals surface area (Å²) in [6.45, 7) is 0. The maximum absolute atomic E-state index is 13.2.